The molecule has 2 aromatic rings. The molecule has 0 aliphatic carbocycles. The van der Waals surface area contributed by atoms with E-state index in [0.717, 1.165) is 49.5 Å². The standard InChI is InChI=1S/C22H28BrNO/c1-3-7-18(8-4-2)24-14-13-17(22(24)25)15-16-11-12-21(23)20-10-6-5-9-19(16)20/h5-6,9-12,17-18H,3-4,7-8,13-15H2,1-2H3/t17-/m0/s1. The first-order valence-electron chi connectivity index (χ1n) is 9.62. The van der Waals surface area contributed by atoms with E-state index >= 15 is 0 Å². The fourth-order valence-electron chi connectivity index (χ4n) is 4.21. The summed E-state index contributed by atoms with van der Waals surface area (Å²) in [5.74, 6) is 0.514. The maximum Gasteiger partial charge on any atom is 0.226 e. The highest BCUT2D eigenvalue weighted by molar-refractivity contribution is 9.10. The second kappa shape index (κ2) is 8.35. The molecule has 1 aliphatic heterocycles. The highest BCUT2D eigenvalue weighted by atomic mass is 79.9. The summed E-state index contributed by atoms with van der Waals surface area (Å²) in [6, 6.07) is 13.2. The summed E-state index contributed by atoms with van der Waals surface area (Å²) in [7, 11) is 0. The average Bonchev–Trinajstić information content (AvgIpc) is 2.98. The average molecular weight is 402 g/mol. The van der Waals surface area contributed by atoms with Crippen LogP contribution in [0.1, 0.15) is 51.5 Å². The Balaban J connectivity index is 1.79. The molecule has 1 fully saturated rings. The van der Waals surface area contributed by atoms with E-state index in [1.165, 1.54) is 16.3 Å². The van der Waals surface area contributed by atoms with Gasteiger partial charge >= 0.3 is 0 Å². The van der Waals surface area contributed by atoms with E-state index in [4.69, 9.17) is 0 Å². The molecule has 2 aromatic carbocycles. The third-order valence-corrected chi connectivity index (χ3v) is 6.15. The van der Waals surface area contributed by atoms with Crippen LogP contribution in [0.4, 0.5) is 0 Å². The first-order valence-corrected chi connectivity index (χ1v) is 10.4. The quantitative estimate of drug-likeness (QED) is 0.559. The molecule has 1 saturated heterocycles. The molecular weight excluding hydrogens is 374 g/mol. The van der Waals surface area contributed by atoms with Gasteiger partial charge in [-0.15, -0.1) is 0 Å². The SMILES string of the molecule is CCCC(CCC)N1CC[C@@H](Cc2ccc(Br)c3ccccc23)C1=O. The smallest absolute Gasteiger partial charge is 0.226 e. The molecule has 0 N–H and O–H groups in total. The lowest BCUT2D eigenvalue weighted by atomic mass is 9.94. The van der Waals surface area contributed by atoms with E-state index in [2.05, 4.69) is 71.1 Å². The minimum Gasteiger partial charge on any atom is -0.339 e. The third-order valence-electron chi connectivity index (χ3n) is 5.46. The first kappa shape index (κ1) is 18.4. The van der Waals surface area contributed by atoms with Crippen LogP contribution in [0.25, 0.3) is 10.8 Å². The van der Waals surface area contributed by atoms with Crippen LogP contribution in [0.3, 0.4) is 0 Å². The molecule has 25 heavy (non-hydrogen) atoms. The summed E-state index contributed by atoms with van der Waals surface area (Å²) < 4.78 is 1.12. The second-order valence-corrected chi connectivity index (χ2v) is 8.06. The largest absolute Gasteiger partial charge is 0.339 e. The Kier molecular flexibility index (Phi) is 6.16. The van der Waals surface area contributed by atoms with Crippen molar-refractivity contribution in [2.75, 3.05) is 6.54 Å². The van der Waals surface area contributed by atoms with Crippen molar-refractivity contribution >= 4 is 32.6 Å². The molecule has 3 heteroatoms. The minimum atomic E-state index is 0.140. The normalized spacial score (nSPS) is 17.8. The molecule has 134 valence electrons. The van der Waals surface area contributed by atoms with Crippen molar-refractivity contribution in [1.82, 2.24) is 4.90 Å². The van der Waals surface area contributed by atoms with Gasteiger partial charge in [0.2, 0.25) is 5.91 Å². The number of nitrogens with zero attached hydrogens (tertiary/aromatic N) is 1. The molecule has 0 aromatic heterocycles. The fourth-order valence-corrected chi connectivity index (χ4v) is 4.68. The van der Waals surface area contributed by atoms with Gasteiger partial charge in [0, 0.05) is 23.0 Å². The predicted molar refractivity (Wildman–Crippen MR) is 109 cm³/mol. The highest BCUT2D eigenvalue weighted by Gasteiger charge is 2.35. The number of carbonyl (C=O) groups is 1. The third kappa shape index (κ3) is 3.92. The van der Waals surface area contributed by atoms with Crippen LogP contribution in [0.15, 0.2) is 40.9 Å². The molecule has 1 atom stereocenters. The number of hydrogen-bond donors (Lipinski definition) is 0. The molecular formula is C22H28BrNO. The number of rotatable bonds is 7. The van der Waals surface area contributed by atoms with Crippen molar-refractivity contribution in [3.8, 4) is 0 Å². The maximum atomic E-state index is 13.0. The lowest BCUT2D eigenvalue weighted by molar-refractivity contribution is -0.133. The Labute approximate surface area is 159 Å². The number of hydrogen-bond acceptors (Lipinski definition) is 1. The van der Waals surface area contributed by atoms with Crippen LogP contribution in [-0.4, -0.2) is 23.4 Å². The van der Waals surface area contributed by atoms with Crippen LogP contribution in [0.2, 0.25) is 0 Å². The molecule has 2 nitrogen and oxygen atoms in total. The zero-order valence-corrected chi connectivity index (χ0v) is 16.9. The van der Waals surface area contributed by atoms with Crippen molar-refractivity contribution in [3.05, 3.63) is 46.4 Å². The van der Waals surface area contributed by atoms with Crippen molar-refractivity contribution in [1.29, 1.82) is 0 Å². The molecule has 0 unspecified atom stereocenters. The van der Waals surface area contributed by atoms with E-state index in [1.807, 2.05) is 0 Å². The topological polar surface area (TPSA) is 20.3 Å². The summed E-state index contributed by atoms with van der Waals surface area (Å²) in [6.45, 7) is 5.37. The van der Waals surface area contributed by atoms with Gasteiger partial charge in [-0.3, -0.25) is 4.79 Å². The fraction of sp³-hybridized carbons (Fsp3) is 0.500. The number of fused-ring (bicyclic) bond motifs is 1. The van der Waals surface area contributed by atoms with Gasteiger partial charge in [0.15, 0.2) is 0 Å². The zero-order chi connectivity index (χ0) is 17.8. The van der Waals surface area contributed by atoms with Crippen LogP contribution in [-0.2, 0) is 11.2 Å². The summed E-state index contributed by atoms with van der Waals surface area (Å²) in [6.07, 6.45) is 6.41. The van der Waals surface area contributed by atoms with E-state index in [0.29, 0.717) is 11.9 Å². The molecule has 0 spiro atoms. The van der Waals surface area contributed by atoms with Gasteiger partial charge in [-0.1, -0.05) is 73.0 Å². The summed E-state index contributed by atoms with van der Waals surface area (Å²) >= 11 is 3.64. The number of benzene rings is 2. The number of amides is 1. The van der Waals surface area contributed by atoms with Gasteiger partial charge in [0.1, 0.15) is 0 Å². The number of carbonyl (C=O) groups excluding carboxylic acids is 1. The van der Waals surface area contributed by atoms with Gasteiger partial charge in [-0.25, -0.2) is 0 Å². The van der Waals surface area contributed by atoms with Crippen LogP contribution < -0.4 is 0 Å². The number of halogens is 1. The van der Waals surface area contributed by atoms with E-state index in [1.54, 1.807) is 0 Å². The maximum absolute atomic E-state index is 13.0. The second-order valence-electron chi connectivity index (χ2n) is 7.20. The molecule has 1 heterocycles. The zero-order valence-electron chi connectivity index (χ0n) is 15.3. The van der Waals surface area contributed by atoms with E-state index < -0.39 is 0 Å². The molecule has 3 rings (SSSR count). The number of likely N-dealkylation sites (tertiary alicyclic amines) is 1. The van der Waals surface area contributed by atoms with Crippen LogP contribution in [0, 0.1) is 5.92 Å². The van der Waals surface area contributed by atoms with Crippen molar-refractivity contribution in [3.63, 3.8) is 0 Å². The summed E-state index contributed by atoms with van der Waals surface area (Å²) in [5.41, 5.74) is 1.29. The molecule has 0 radical (unpaired) electrons. The van der Waals surface area contributed by atoms with Crippen LogP contribution >= 0.6 is 15.9 Å². The highest BCUT2D eigenvalue weighted by Crippen LogP contribution is 2.32. The lowest BCUT2D eigenvalue weighted by Crippen LogP contribution is -2.37. The van der Waals surface area contributed by atoms with Gasteiger partial charge < -0.3 is 4.90 Å². The Bertz CT molecular complexity index is 736. The van der Waals surface area contributed by atoms with E-state index in [9.17, 15) is 4.79 Å². The Hall–Kier alpha value is -1.35. The summed E-state index contributed by atoms with van der Waals surface area (Å²) in [5, 5.41) is 2.50. The van der Waals surface area contributed by atoms with Gasteiger partial charge in [-0.2, -0.15) is 0 Å². The van der Waals surface area contributed by atoms with Gasteiger partial charge in [-0.05, 0) is 48.1 Å². The minimum absolute atomic E-state index is 0.140. The summed E-state index contributed by atoms with van der Waals surface area (Å²) in [4.78, 5) is 15.2. The van der Waals surface area contributed by atoms with Crippen molar-refractivity contribution in [2.24, 2.45) is 5.92 Å². The van der Waals surface area contributed by atoms with Crippen molar-refractivity contribution in [2.45, 2.75) is 58.4 Å². The van der Waals surface area contributed by atoms with E-state index in [-0.39, 0.29) is 5.92 Å². The Morgan fingerprint density at radius 3 is 2.44 bits per heavy atom. The lowest BCUT2D eigenvalue weighted by Gasteiger charge is -2.28. The monoisotopic (exact) mass is 401 g/mol. The van der Waals surface area contributed by atoms with Crippen LogP contribution in [0.5, 0.6) is 0 Å². The van der Waals surface area contributed by atoms with Gasteiger partial charge in [0.05, 0.1) is 0 Å². The Morgan fingerprint density at radius 2 is 1.76 bits per heavy atom. The van der Waals surface area contributed by atoms with Gasteiger partial charge in [0.25, 0.3) is 0 Å². The van der Waals surface area contributed by atoms with Crippen molar-refractivity contribution < 1.29 is 4.79 Å². The Morgan fingerprint density at radius 1 is 1.08 bits per heavy atom. The predicted octanol–water partition coefficient (Wildman–Crippen LogP) is 5.96. The molecule has 1 aliphatic rings. The first-order chi connectivity index (χ1) is 12.2. The molecule has 0 bridgehead atoms. The molecule has 0 saturated carbocycles. The molecule has 1 amide bonds.